The Labute approximate surface area is 128 Å². The first-order chi connectivity index (χ1) is 9.95. The molecule has 0 radical (unpaired) electrons. The third-order valence-electron chi connectivity index (χ3n) is 7.85. The highest BCUT2D eigenvalue weighted by Crippen LogP contribution is 2.65. The van der Waals surface area contributed by atoms with Gasteiger partial charge in [0, 0.05) is 11.1 Å². The number of nitrogens with two attached hydrogens (primary N) is 1. The molecule has 4 rings (SSSR count). The average molecular weight is 287 g/mol. The van der Waals surface area contributed by atoms with Gasteiger partial charge in [-0.1, -0.05) is 19.9 Å². The lowest BCUT2D eigenvalue weighted by Crippen LogP contribution is -2.52. The van der Waals surface area contributed by atoms with Gasteiger partial charge in [-0.3, -0.25) is 0 Å². The molecule has 4 aliphatic carbocycles. The zero-order valence-corrected chi connectivity index (χ0v) is 13.4. The van der Waals surface area contributed by atoms with Gasteiger partial charge in [-0.2, -0.15) is 0 Å². The molecule has 0 heterocycles. The van der Waals surface area contributed by atoms with E-state index in [-0.39, 0.29) is 5.41 Å². The summed E-state index contributed by atoms with van der Waals surface area (Å²) in [6.45, 7) is 4.84. The van der Waals surface area contributed by atoms with Gasteiger partial charge in [0.05, 0.1) is 5.76 Å². The van der Waals surface area contributed by atoms with Crippen LogP contribution in [0.5, 0.6) is 0 Å². The van der Waals surface area contributed by atoms with Crippen molar-refractivity contribution in [1.82, 2.24) is 0 Å². The van der Waals surface area contributed by atoms with Crippen molar-refractivity contribution in [1.29, 1.82) is 0 Å². The summed E-state index contributed by atoms with van der Waals surface area (Å²) in [5.41, 5.74) is 7.76. The van der Waals surface area contributed by atoms with Crippen molar-refractivity contribution in [2.75, 3.05) is 0 Å². The van der Waals surface area contributed by atoms with Gasteiger partial charge in [-0.15, -0.1) is 0 Å². The van der Waals surface area contributed by atoms with Gasteiger partial charge in [-0.25, -0.2) is 0 Å². The highest BCUT2D eigenvalue weighted by atomic mass is 16.3. The molecule has 2 fully saturated rings. The SMILES string of the molecule is C[C@]12CCC(N)=CC1CC[C@@H]1[C@@H]2CC[C@]2(C)C(O)=CC[C@@H]12. The van der Waals surface area contributed by atoms with E-state index in [0.29, 0.717) is 23.0 Å². The molecule has 21 heavy (non-hydrogen) atoms. The van der Waals surface area contributed by atoms with Crippen LogP contribution in [0.15, 0.2) is 23.6 Å². The maximum atomic E-state index is 10.3. The standard InChI is InChI=1S/C19H29NO/c1-18-9-7-13(20)11-12(18)3-4-14-15-5-6-17(21)19(15,2)10-8-16(14)18/h6,11-12,14-16,21H,3-5,7-10,20H2,1-2H3/t12?,14-,15-,16-,18-,19-/m0/s1. The molecular weight excluding hydrogens is 258 g/mol. The van der Waals surface area contributed by atoms with Gasteiger partial charge in [0.25, 0.3) is 0 Å². The van der Waals surface area contributed by atoms with Crippen LogP contribution >= 0.6 is 0 Å². The molecule has 116 valence electrons. The number of hydrogen-bond acceptors (Lipinski definition) is 2. The number of allylic oxidation sites excluding steroid dienone is 4. The largest absolute Gasteiger partial charge is 0.512 e. The van der Waals surface area contributed by atoms with Crippen molar-refractivity contribution in [3.63, 3.8) is 0 Å². The zero-order chi connectivity index (χ0) is 14.8. The van der Waals surface area contributed by atoms with E-state index in [2.05, 4.69) is 26.0 Å². The third kappa shape index (κ3) is 1.71. The van der Waals surface area contributed by atoms with E-state index in [4.69, 9.17) is 5.73 Å². The molecular formula is C19H29NO. The Morgan fingerprint density at radius 3 is 2.76 bits per heavy atom. The molecule has 0 bridgehead atoms. The second kappa shape index (κ2) is 4.30. The van der Waals surface area contributed by atoms with E-state index in [0.717, 1.165) is 30.4 Å². The number of rotatable bonds is 0. The Morgan fingerprint density at radius 2 is 1.95 bits per heavy atom. The van der Waals surface area contributed by atoms with E-state index in [9.17, 15) is 5.11 Å². The maximum absolute atomic E-state index is 10.3. The van der Waals surface area contributed by atoms with Gasteiger partial charge in [-0.05, 0) is 80.1 Å². The van der Waals surface area contributed by atoms with Crippen LogP contribution < -0.4 is 5.73 Å². The molecule has 2 saturated carbocycles. The molecule has 2 heteroatoms. The van der Waals surface area contributed by atoms with Gasteiger partial charge in [0.2, 0.25) is 0 Å². The van der Waals surface area contributed by atoms with Crippen LogP contribution in [0.4, 0.5) is 0 Å². The van der Waals surface area contributed by atoms with Crippen molar-refractivity contribution < 1.29 is 5.11 Å². The minimum absolute atomic E-state index is 0.0773. The molecule has 0 saturated heterocycles. The Balaban J connectivity index is 1.66. The number of fused-ring (bicyclic) bond motifs is 5. The molecule has 3 N–H and O–H groups in total. The molecule has 0 aromatic carbocycles. The zero-order valence-electron chi connectivity index (χ0n) is 13.4. The monoisotopic (exact) mass is 287 g/mol. The van der Waals surface area contributed by atoms with Crippen LogP contribution in [0, 0.1) is 34.5 Å². The third-order valence-corrected chi connectivity index (χ3v) is 7.85. The predicted molar refractivity (Wildman–Crippen MR) is 85.5 cm³/mol. The fraction of sp³-hybridized carbons (Fsp3) is 0.789. The number of aliphatic hydroxyl groups excluding tert-OH is 1. The smallest absolute Gasteiger partial charge is 0.0944 e. The van der Waals surface area contributed by atoms with Crippen molar-refractivity contribution in [2.24, 2.45) is 40.2 Å². The lowest BCUT2D eigenvalue weighted by atomic mass is 9.46. The van der Waals surface area contributed by atoms with E-state index in [1.807, 2.05) is 0 Å². The normalized spacial score (nSPS) is 52.3. The fourth-order valence-corrected chi connectivity index (χ4v) is 6.43. The van der Waals surface area contributed by atoms with Crippen LogP contribution in [0.2, 0.25) is 0 Å². The Bertz CT molecular complexity index is 522. The van der Waals surface area contributed by atoms with Gasteiger partial charge in [0.1, 0.15) is 0 Å². The topological polar surface area (TPSA) is 46.2 Å². The van der Waals surface area contributed by atoms with Crippen molar-refractivity contribution >= 4 is 0 Å². The number of aliphatic hydroxyl groups is 1. The summed E-state index contributed by atoms with van der Waals surface area (Å²) in [4.78, 5) is 0. The molecule has 2 nitrogen and oxygen atoms in total. The van der Waals surface area contributed by atoms with Gasteiger partial charge >= 0.3 is 0 Å². The van der Waals surface area contributed by atoms with Crippen LogP contribution in [0.1, 0.15) is 58.8 Å². The van der Waals surface area contributed by atoms with Gasteiger partial charge in [0.15, 0.2) is 0 Å². The first-order valence-corrected chi connectivity index (χ1v) is 8.81. The quantitative estimate of drug-likeness (QED) is 0.687. The molecule has 0 spiro atoms. The summed E-state index contributed by atoms with van der Waals surface area (Å²) in [5.74, 6) is 3.69. The Morgan fingerprint density at radius 1 is 1.14 bits per heavy atom. The Kier molecular flexibility index (Phi) is 2.81. The summed E-state index contributed by atoms with van der Waals surface area (Å²) in [7, 11) is 0. The summed E-state index contributed by atoms with van der Waals surface area (Å²) < 4.78 is 0. The van der Waals surface area contributed by atoms with E-state index < -0.39 is 0 Å². The first-order valence-electron chi connectivity index (χ1n) is 8.81. The van der Waals surface area contributed by atoms with Crippen molar-refractivity contribution in [3.05, 3.63) is 23.6 Å². The second-order valence-electron chi connectivity index (χ2n) is 8.59. The van der Waals surface area contributed by atoms with Crippen LogP contribution in [0.3, 0.4) is 0 Å². The van der Waals surface area contributed by atoms with Crippen LogP contribution in [-0.4, -0.2) is 5.11 Å². The number of hydrogen-bond donors (Lipinski definition) is 2. The summed E-state index contributed by atoms with van der Waals surface area (Å²) in [6.07, 6.45) is 13.0. The minimum Gasteiger partial charge on any atom is -0.512 e. The lowest BCUT2D eigenvalue weighted by Gasteiger charge is -2.59. The predicted octanol–water partition coefficient (Wildman–Crippen LogP) is 4.53. The molecule has 0 aromatic rings. The van der Waals surface area contributed by atoms with Crippen molar-refractivity contribution in [2.45, 2.75) is 58.8 Å². The molecule has 4 aliphatic rings. The molecule has 6 atom stereocenters. The van der Waals surface area contributed by atoms with E-state index in [1.54, 1.807) is 0 Å². The first kappa shape index (κ1) is 13.7. The molecule has 1 unspecified atom stereocenters. The Hall–Kier alpha value is -0.920. The highest BCUT2D eigenvalue weighted by Gasteiger charge is 2.58. The minimum atomic E-state index is 0.0773. The molecule has 0 aromatic heterocycles. The average Bonchev–Trinajstić information content (AvgIpc) is 2.76. The lowest BCUT2D eigenvalue weighted by molar-refractivity contribution is -0.0834. The fourth-order valence-electron chi connectivity index (χ4n) is 6.43. The summed E-state index contributed by atoms with van der Waals surface area (Å²) in [6, 6.07) is 0. The molecule has 0 amide bonds. The maximum Gasteiger partial charge on any atom is 0.0944 e. The van der Waals surface area contributed by atoms with Crippen LogP contribution in [-0.2, 0) is 0 Å². The summed E-state index contributed by atoms with van der Waals surface area (Å²) >= 11 is 0. The second-order valence-corrected chi connectivity index (χ2v) is 8.59. The van der Waals surface area contributed by atoms with E-state index in [1.165, 1.54) is 32.1 Å². The summed E-state index contributed by atoms with van der Waals surface area (Å²) in [5, 5.41) is 10.3. The van der Waals surface area contributed by atoms with Crippen molar-refractivity contribution in [3.8, 4) is 0 Å². The highest BCUT2D eigenvalue weighted by molar-refractivity contribution is 5.22. The molecule has 0 aliphatic heterocycles. The van der Waals surface area contributed by atoms with Gasteiger partial charge < -0.3 is 10.8 Å². The van der Waals surface area contributed by atoms with Crippen LogP contribution in [0.25, 0.3) is 0 Å². The van der Waals surface area contributed by atoms with E-state index >= 15 is 0 Å².